The Morgan fingerprint density at radius 1 is 1.78 bits per heavy atom. The lowest BCUT2D eigenvalue weighted by molar-refractivity contribution is -0.122. The Hall–Kier alpha value is -0.0500. The summed E-state index contributed by atoms with van der Waals surface area (Å²) in [5, 5.41) is 2.57. The van der Waals surface area contributed by atoms with Crippen LogP contribution in [0, 0.1) is 0 Å². The largest absolute Gasteiger partial charge is 0.358 e. The van der Waals surface area contributed by atoms with Gasteiger partial charge in [-0.1, -0.05) is 22.9 Å². The normalized spacial score (nSPS) is 16.4. The molecule has 0 aromatic heterocycles. The van der Waals surface area contributed by atoms with E-state index in [4.69, 9.17) is 0 Å². The Balaban J connectivity index is 3.97. The Morgan fingerprint density at radius 2 is 2.22 bits per heavy atom. The molecule has 0 rings (SSSR count). The van der Waals surface area contributed by atoms with E-state index >= 15 is 0 Å². The van der Waals surface area contributed by atoms with Crippen LogP contribution in [0.5, 0.6) is 0 Å². The van der Waals surface area contributed by atoms with Crippen LogP contribution in [0.3, 0.4) is 0 Å². The second-order valence-corrected chi connectivity index (χ2v) is 3.88. The van der Waals surface area contributed by atoms with Gasteiger partial charge in [0.1, 0.15) is 4.32 Å². The standard InChI is InChI=1S/C6H12BrNO/c1-4-6(2,7)5(9)8-3/h4H2,1-3H3,(H,8,9). The molecular formula is C6H12BrNO. The van der Waals surface area contributed by atoms with E-state index in [-0.39, 0.29) is 10.2 Å². The molecule has 1 unspecified atom stereocenters. The molecule has 0 fully saturated rings. The number of halogens is 1. The zero-order chi connectivity index (χ0) is 7.49. The predicted molar refractivity (Wildman–Crippen MR) is 41.7 cm³/mol. The van der Waals surface area contributed by atoms with Crippen LogP contribution in [0.1, 0.15) is 20.3 Å². The Kier molecular flexibility index (Phi) is 3.18. The molecule has 0 saturated heterocycles. The van der Waals surface area contributed by atoms with Gasteiger partial charge in [0, 0.05) is 7.05 Å². The number of alkyl halides is 1. The molecule has 54 valence electrons. The number of hydrogen-bond acceptors (Lipinski definition) is 1. The van der Waals surface area contributed by atoms with Gasteiger partial charge in [-0.15, -0.1) is 0 Å². The smallest absolute Gasteiger partial charge is 0.236 e. The number of carbonyl (C=O) groups is 1. The fourth-order valence-corrected chi connectivity index (χ4v) is 0.619. The molecule has 0 aliphatic rings. The van der Waals surface area contributed by atoms with E-state index in [1.54, 1.807) is 7.05 Å². The summed E-state index contributed by atoms with van der Waals surface area (Å²) in [4.78, 5) is 10.9. The highest BCUT2D eigenvalue weighted by Crippen LogP contribution is 2.20. The lowest BCUT2D eigenvalue weighted by atomic mass is 10.1. The van der Waals surface area contributed by atoms with Crippen molar-refractivity contribution in [3.05, 3.63) is 0 Å². The van der Waals surface area contributed by atoms with Crippen molar-refractivity contribution in [2.45, 2.75) is 24.6 Å². The molecular weight excluding hydrogens is 182 g/mol. The summed E-state index contributed by atoms with van der Waals surface area (Å²) in [6.45, 7) is 3.82. The van der Waals surface area contributed by atoms with E-state index in [0.717, 1.165) is 6.42 Å². The van der Waals surface area contributed by atoms with Crippen LogP contribution in [0.4, 0.5) is 0 Å². The molecule has 0 aliphatic heterocycles. The van der Waals surface area contributed by atoms with E-state index < -0.39 is 0 Å². The van der Waals surface area contributed by atoms with Gasteiger partial charge in [0.15, 0.2) is 0 Å². The molecule has 1 amide bonds. The van der Waals surface area contributed by atoms with Crippen LogP contribution < -0.4 is 5.32 Å². The summed E-state index contributed by atoms with van der Waals surface area (Å²) in [5.74, 6) is 0.0324. The third-order valence-corrected chi connectivity index (χ3v) is 2.29. The van der Waals surface area contributed by atoms with E-state index in [2.05, 4.69) is 21.2 Å². The van der Waals surface area contributed by atoms with E-state index in [9.17, 15) is 4.79 Å². The zero-order valence-electron chi connectivity index (χ0n) is 5.99. The molecule has 0 aromatic rings. The second-order valence-electron chi connectivity index (χ2n) is 2.13. The molecule has 1 N–H and O–H groups in total. The van der Waals surface area contributed by atoms with E-state index in [1.807, 2.05) is 13.8 Å². The Morgan fingerprint density at radius 3 is 2.33 bits per heavy atom. The van der Waals surface area contributed by atoms with Crippen LogP contribution >= 0.6 is 15.9 Å². The molecule has 2 nitrogen and oxygen atoms in total. The fraction of sp³-hybridized carbons (Fsp3) is 0.833. The van der Waals surface area contributed by atoms with Crippen LogP contribution in [0.25, 0.3) is 0 Å². The third kappa shape index (κ3) is 2.35. The maximum absolute atomic E-state index is 10.9. The van der Waals surface area contributed by atoms with Crippen molar-refractivity contribution in [1.29, 1.82) is 0 Å². The van der Waals surface area contributed by atoms with E-state index in [0.29, 0.717) is 0 Å². The molecule has 0 saturated carbocycles. The highest BCUT2D eigenvalue weighted by atomic mass is 79.9. The fourth-order valence-electron chi connectivity index (χ4n) is 0.421. The van der Waals surface area contributed by atoms with Crippen molar-refractivity contribution in [2.75, 3.05) is 7.05 Å². The molecule has 3 heteroatoms. The second kappa shape index (κ2) is 3.20. The first-order valence-electron chi connectivity index (χ1n) is 2.95. The van der Waals surface area contributed by atoms with Gasteiger partial charge in [0.2, 0.25) is 5.91 Å². The first kappa shape index (κ1) is 8.95. The maximum Gasteiger partial charge on any atom is 0.236 e. The lowest BCUT2D eigenvalue weighted by Crippen LogP contribution is -2.36. The molecule has 0 heterocycles. The van der Waals surface area contributed by atoms with Crippen molar-refractivity contribution < 1.29 is 4.79 Å². The number of rotatable bonds is 2. The van der Waals surface area contributed by atoms with Gasteiger partial charge in [-0.05, 0) is 13.3 Å². The van der Waals surface area contributed by atoms with Crippen molar-refractivity contribution in [3.8, 4) is 0 Å². The Labute approximate surface area is 64.1 Å². The first-order valence-corrected chi connectivity index (χ1v) is 3.75. The van der Waals surface area contributed by atoms with Crippen LogP contribution in [0.2, 0.25) is 0 Å². The minimum Gasteiger partial charge on any atom is -0.358 e. The lowest BCUT2D eigenvalue weighted by Gasteiger charge is -2.17. The number of nitrogens with one attached hydrogen (secondary N) is 1. The highest BCUT2D eigenvalue weighted by Gasteiger charge is 2.25. The van der Waals surface area contributed by atoms with Crippen LogP contribution in [0.15, 0.2) is 0 Å². The minimum atomic E-state index is -0.387. The molecule has 1 atom stereocenters. The van der Waals surface area contributed by atoms with Gasteiger partial charge in [-0.25, -0.2) is 0 Å². The van der Waals surface area contributed by atoms with Gasteiger partial charge in [0.25, 0.3) is 0 Å². The first-order chi connectivity index (χ1) is 4.04. The van der Waals surface area contributed by atoms with Gasteiger partial charge in [-0.3, -0.25) is 4.79 Å². The van der Waals surface area contributed by atoms with Gasteiger partial charge < -0.3 is 5.32 Å². The molecule has 0 bridgehead atoms. The average molecular weight is 194 g/mol. The third-order valence-electron chi connectivity index (χ3n) is 1.36. The summed E-state index contributed by atoms with van der Waals surface area (Å²) >= 11 is 3.29. The number of hydrogen-bond donors (Lipinski definition) is 1. The van der Waals surface area contributed by atoms with Crippen LogP contribution in [-0.2, 0) is 4.79 Å². The molecule has 9 heavy (non-hydrogen) atoms. The van der Waals surface area contributed by atoms with Crippen LogP contribution in [-0.4, -0.2) is 17.3 Å². The monoisotopic (exact) mass is 193 g/mol. The molecule has 0 spiro atoms. The zero-order valence-corrected chi connectivity index (χ0v) is 7.58. The summed E-state index contributed by atoms with van der Waals surface area (Å²) in [6, 6.07) is 0. The Bertz CT molecular complexity index is 112. The average Bonchev–Trinajstić information content (AvgIpc) is 1.86. The van der Waals surface area contributed by atoms with Gasteiger partial charge >= 0.3 is 0 Å². The molecule has 0 radical (unpaired) electrons. The van der Waals surface area contributed by atoms with Gasteiger partial charge in [0.05, 0.1) is 0 Å². The molecule has 0 aromatic carbocycles. The summed E-state index contributed by atoms with van der Waals surface area (Å²) < 4.78 is -0.387. The van der Waals surface area contributed by atoms with E-state index in [1.165, 1.54) is 0 Å². The van der Waals surface area contributed by atoms with Gasteiger partial charge in [-0.2, -0.15) is 0 Å². The summed E-state index contributed by atoms with van der Waals surface area (Å²) in [6.07, 6.45) is 0.798. The van der Waals surface area contributed by atoms with Crippen molar-refractivity contribution >= 4 is 21.8 Å². The number of amides is 1. The van der Waals surface area contributed by atoms with Crippen molar-refractivity contribution in [2.24, 2.45) is 0 Å². The number of carbonyl (C=O) groups excluding carboxylic acids is 1. The minimum absolute atomic E-state index is 0.0324. The predicted octanol–water partition coefficient (Wildman–Crippen LogP) is 1.30. The molecule has 0 aliphatic carbocycles. The highest BCUT2D eigenvalue weighted by molar-refractivity contribution is 9.10. The topological polar surface area (TPSA) is 29.1 Å². The SMILES string of the molecule is CCC(C)(Br)C(=O)NC. The quantitative estimate of drug-likeness (QED) is 0.659. The maximum atomic E-state index is 10.9. The van der Waals surface area contributed by atoms with Crippen molar-refractivity contribution in [3.63, 3.8) is 0 Å². The summed E-state index contributed by atoms with van der Waals surface area (Å²) in [5.41, 5.74) is 0. The summed E-state index contributed by atoms with van der Waals surface area (Å²) in [7, 11) is 1.64. The van der Waals surface area contributed by atoms with Crippen molar-refractivity contribution in [1.82, 2.24) is 5.32 Å².